The normalized spacial score (nSPS) is 38.6. The first-order chi connectivity index (χ1) is 33.4. The number of hydrogen-bond donors (Lipinski definition) is 5. The fourth-order valence-corrected chi connectivity index (χ4v) is 10.8. The van der Waals surface area contributed by atoms with Gasteiger partial charge in [-0.2, -0.15) is 8.42 Å². The number of carbonyl (C=O) groups excluding carboxylic acids is 3. The first-order valence-electron chi connectivity index (χ1n) is 26.6. The second-order valence-electron chi connectivity index (χ2n) is 21.7. The third-order valence-electron chi connectivity index (χ3n) is 15.1. The predicted octanol–water partition coefficient (Wildman–Crippen LogP) is 6.47. The first kappa shape index (κ1) is 66.2. The molecule has 0 aliphatic carbocycles. The van der Waals surface area contributed by atoms with Gasteiger partial charge < -0.3 is 58.5 Å². The van der Waals surface area contributed by atoms with Gasteiger partial charge in [0.25, 0.3) is 0 Å². The van der Waals surface area contributed by atoms with E-state index in [4.69, 9.17) is 37.7 Å². The highest BCUT2D eigenvalue weighted by Crippen LogP contribution is 2.41. The predicted molar refractivity (Wildman–Crippen MR) is 270 cm³/mol. The van der Waals surface area contributed by atoms with Crippen LogP contribution in [0.5, 0.6) is 0 Å². The van der Waals surface area contributed by atoms with Gasteiger partial charge >= 0.3 is 22.3 Å². The van der Waals surface area contributed by atoms with E-state index in [1.807, 2.05) is 25.9 Å². The maximum absolute atomic E-state index is 14.2. The van der Waals surface area contributed by atoms with Gasteiger partial charge in [-0.1, -0.05) is 99.3 Å². The molecule has 0 radical (unpaired) electrons. The van der Waals surface area contributed by atoms with Crippen molar-refractivity contribution < 1.29 is 85.1 Å². The van der Waals surface area contributed by atoms with E-state index >= 15 is 0 Å². The van der Waals surface area contributed by atoms with Crippen LogP contribution in [0.3, 0.4) is 0 Å². The summed E-state index contributed by atoms with van der Waals surface area (Å²) in [5.41, 5.74) is -4.92. The minimum atomic E-state index is -4.23. The first-order valence-corrected chi connectivity index (χ1v) is 28.0. The highest BCUT2D eigenvalue weighted by molar-refractivity contribution is 7.80. The summed E-state index contributed by atoms with van der Waals surface area (Å²) in [5.74, 6) is -5.59. The lowest BCUT2D eigenvalue weighted by atomic mass is 9.74. The Morgan fingerprint density at radius 2 is 1.36 bits per heavy atom. The van der Waals surface area contributed by atoms with E-state index < -0.39 is 124 Å². The van der Waals surface area contributed by atoms with Gasteiger partial charge in [0.15, 0.2) is 18.7 Å². The second kappa shape index (κ2) is 30.1. The molecular formula is C52H97NO18S. The van der Waals surface area contributed by atoms with E-state index in [1.54, 1.807) is 48.5 Å². The lowest BCUT2D eigenvalue weighted by Crippen LogP contribution is -2.61. The number of nitrogens with zero attached hydrogens (tertiary/aromatic N) is 1. The van der Waals surface area contributed by atoms with E-state index in [2.05, 4.69) is 11.1 Å². The van der Waals surface area contributed by atoms with Crippen LogP contribution in [-0.4, -0.2) is 168 Å². The molecule has 18 atom stereocenters. The fourth-order valence-electron chi connectivity index (χ4n) is 10.5. The molecule has 3 fully saturated rings. The van der Waals surface area contributed by atoms with Gasteiger partial charge in [-0.15, -0.1) is 0 Å². The van der Waals surface area contributed by atoms with E-state index in [0.29, 0.717) is 12.8 Å². The summed E-state index contributed by atoms with van der Waals surface area (Å²) >= 11 is 0. The molecule has 3 saturated heterocycles. The average Bonchev–Trinajstić information content (AvgIpc) is 3.30. The van der Waals surface area contributed by atoms with Crippen molar-refractivity contribution in [3.05, 3.63) is 0 Å². The molecule has 3 rings (SSSR count). The van der Waals surface area contributed by atoms with E-state index in [1.165, 1.54) is 72.8 Å². The molecule has 9 unspecified atom stereocenters. The van der Waals surface area contributed by atoms with E-state index in [0.717, 1.165) is 12.8 Å². The average molecular weight is 1060 g/mol. The van der Waals surface area contributed by atoms with Crippen LogP contribution in [0.25, 0.3) is 0 Å². The highest BCUT2D eigenvalue weighted by atomic mass is 32.3. The van der Waals surface area contributed by atoms with Crippen molar-refractivity contribution in [2.45, 2.75) is 264 Å². The van der Waals surface area contributed by atoms with Gasteiger partial charge in [-0.05, 0) is 81.3 Å². The van der Waals surface area contributed by atoms with Crippen molar-refractivity contribution in [2.24, 2.45) is 23.7 Å². The van der Waals surface area contributed by atoms with Crippen LogP contribution in [0.2, 0.25) is 0 Å². The van der Waals surface area contributed by atoms with Crippen LogP contribution in [-0.2, 0) is 62.1 Å². The molecule has 0 bridgehead atoms. The molecule has 0 amide bonds. The quantitative estimate of drug-likeness (QED) is 0.0468. The molecule has 72 heavy (non-hydrogen) atoms. The lowest BCUT2D eigenvalue weighted by Gasteiger charge is -2.49. The van der Waals surface area contributed by atoms with Crippen LogP contribution in [0.15, 0.2) is 0 Å². The number of carbonyl (C=O) groups is 3. The van der Waals surface area contributed by atoms with Gasteiger partial charge in [0.1, 0.15) is 23.6 Å². The van der Waals surface area contributed by atoms with Crippen molar-refractivity contribution in [1.29, 1.82) is 0 Å². The molecule has 0 aromatic heterocycles. The van der Waals surface area contributed by atoms with Crippen LogP contribution < -0.4 is 0 Å². The number of Topliss-reactive ketones (excluding diaryl/α,β-unsaturated/α-hetero) is 1. The number of ether oxygens (including phenoxy) is 7. The molecular weight excluding hydrogens is 959 g/mol. The van der Waals surface area contributed by atoms with Crippen LogP contribution in [0.4, 0.5) is 0 Å². The van der Waals surface area contributed by atoms with Crippen LogP contribution in [0, 0.1) is 23.7 Å². The van der Waals surface area contributed by atoms with Crippen molar-refractivity contribution >= 4 is 28.1 Å². The number of ketones is 1. The summed E-state index contributed by atoms with van der Waals surface area (Å²) in [6.45, 7) is 20.3. The van der Waals surface area contributed by atoms with Crippen LogP contribution >= 0.6 is 0 Å². The number of aliphatic hydroxyl groups excluding tert-OH is 2. The lowest BCUT2D eigenvalue weighted by molar-refractivity contribution is -0.319. The standard InChI is InChI=1S/C40H71NO14.C12H26O4S/c1-15-27-40(11,48)33(44)22(5)30(43)20(3)18-38(9,47)35(55-37-32(53-28(42)16-2)26(41(12)13)17-21(4)50-37)23(6)31(24(7)36(46)52-27)54-29-19-39(10,49-14)34(45)25(8)51-29;1-2-3-4-5-6-7-8-9-10-11-12-16-17(13,14)15/h20-27,29,31-35,37,44-45,47-48H,15-19H2,1-14H3;2-12H2,1H3,(H,13,14,15)/t20-,21?,22+,23?,24-,25?,26?,27-,29?,31+,32?,33-,34?,35-,37?,38-,39?,40-;/m1./s1. The number of cyclic esters (lactones) is 1. The van der Waals surface area contributed by atoms with Crippen molar-refractivity contribution in [3.8, 4) is 0 Å². The molecule has 0 aromatic rings. The number of likely N-dealkylation sites (N-methyl/N-ethyl adjacent to an activating group) is 1. The molecule has 3 aliphatic rings. The fraction of sp³-hybridized carbons (Fsp3) is 0.942. The topological polar surface area (TPSA) is 264 Å². The van der Waals surface area contributed by atoms with Crippen molar-refractivity contribution in [3.63, 3.8) is 0 Å². The Kier molecular flexibility index (Phi) is 27.7. The molecule has 424 valence electrons. The molecule has 0 aromatic carbocycles. The van der Waals surface area contributed by atoms with Crippen molar-refractivity contribution in [1.82, 2.24) is 4.90 Å². The number of unbranched alkanes of at least 4 members (excludes halogenated alkanes) is 9. The third kappa shape index (κ3) is 19.6. The largest absolute Gasteiger partial charge is 0.459 e. The Bertz CT molecular complexity index is 1730. The van der Waals surface area contributed by atoms with Gasteiger partial charge in [0.05, 0.1) is 60.3 Å². The number of hydrogen-bond acceptors (Lipinski definition) is 18. The maximum Gasteiger partial charge on any atom is 0.397 e. The Hall–Kier alpha value is -1.92. The zero-order valence-corrected chi connectivity index (χ0v) is 47.2. The summed E-state index contributed by atoms with van der Waals surface area (Å²) < 4.78 is 76.6. The minimum Gasteiger partial charge on any atom is -0.459 e. The molecule has 0 saturated carbocycles. The summed E-state index contributed by atoms with van der Waals surface area (Å²) in [4.78, 5) is 42.9. The van der Waals surface area contributed by atoms with Crippen LogP contribution in [0.1, 0.15) is 179 Å². The monoisotopic (exact) mass is 1060 g/mol. The van der Waals surface area contributed by atoms with Gasteiger partial charge in [0, 0.05) is 37.7 Å². The zero-order valence-electron chi connectivity index (χ0n) is 46.4. The Morgan fingerprint density at radius 3 is 1.88 bits per heavy atom. The molecule has 3 heterocycles. The third-order valence-corrected chi connectivity index (χ3v) is 15.5. The number of rotatable bonds is 21. The minimum absolute atomic E-state index is 0.0760. The molecule has 0 spiro atoms. The summed E-state index contributed by atoms with van der Waals surface area (Å²) in [5, 5.41) is 46.6. The van der Waals surface area contributed by atoms with Gasteiger partial charge in [-0.25, -0.2) is 4.18 Å². The Morgan fingerprint density at radius 1 is 0.792 bits per heavy atom. The summed E-state index contributed by atoms with van der Waals surface area (Å²) in [7, 11) is 0.973. The summed E-state index contributed by atoms with van der Waals surface area (Å²) in [6.07, 6.45) is 2.17. The molecule has 5 N–H and O–H groups in total. The number of aliphatic hydroxyl groups is 4. The SMILES string of the molecule is CCC(=O)OC1C(O[C@@H]2C(C)[C@H](OC3CC(C)(OC)C(O)C(C)O3)[C@@H](C)C(=O)O[C@H](CC)[C@@](C)(O)[C@H](O)[C@@H](C)C(=O)[C@H](C)C[C@@]2(C)O)OC(C)CC1N(C)C.CCCCCCCCCCCCOS(=O)(=O)O. The van der Waals surface area contributed by atoms with Crippen molar-refractivity contribution in [2.75, 3.05) is 27.8 Å². The maximum atomic E-state index is 14.2. The molecule has 3 aliphatic heterocycles. The molecule has 20 heteroatoms. The zero-order chi connectivity index (χ0) is 54.9. The highest BCUT2D eigenvalue weighted by Gasteiger charge is 2.54. The van der Waals surface area contributed by atoms with Gasteiger partial charge in [-0.3, -0.25) is 18.9 Å². The Labute approximate surface area is 432 Å². The Balaban J connectivity index is 0.000000887. The number of esters is 2. The summed E-state index contributed by atoms with van der Waals surface area (Å²) in [6, 6.07) is -0.319. The molecule has 19 nitrogen and oxygen atoms in total. The van der Waals surface area contributed by atoms with E-state index in [9.17, 15) is 43.2 Å². The smallest absolute Gasteiger partial charge is 0.397 e. The van der Waals surface area contributed by atoms with Gasteiger partial charge in [0.2, 0.25) is 0 Å². The second-order valence-corrected chi connectivity index (χ2v) is 22.8. The van der Waals surface area contributed by atoms with E-state index in [-0.39, 0.29) is 44.4 Å². The number of methoxy groups -OCH3 is 1.